The van der Waals surface area contributed by atoms with Gasteiger partial charge in [-0.2, -0.15) is 0 Å². The molecule has 0 saturated carbocycles. The topological polar surface area (TPSA) is 66.9 Å². The van der Waals surface area contributed by atoms with Gasteiger partial charge in [0.2, 0.25) is 0 Å². The first-order valence-corrected chi connectivity index (χ1v) is 6.57. The Labute approximate surface area is 122 Å². The molecule has 104 valence electrons. The van der Waals surface area contributed by atoms with E-state index in [0.717, 1.165) is 16.6 Å². The fourth-order valence-corrected chi connectivity index (χ4v) is 2.14. The number of pyridine rings is 2. The smallest absolute Gasteiger partial charge is 0.259 e. The molecule has 0 aliphatic rings. The van der Waals surface area contributed by atoms with Crippen LogP contribution in [0, 0.1) is 0 Å². The minimum Gasteiger partial charge on any atom is -0.372 e. The predicted octanol–water partition coefficient (Wildman–Crippen LogP) is 2.92. The van der Waals surface area contributed by atoms with Crippen molar-refractivity contribution < 1.29 is 4.79 Å². The Bertz CT molecular complexity index is 801. The normalized spacial score (nSPS) is 10.3. The standard InChI is InChI=1S/C16H14N4O/c1-17-15-13(5-3-9-19-15)16(21)20-12-6-7-14-11(10-12)4-2-8-18-14/h2-10H,1H3,(H,17,19)(H,20,21). The van der Waals surface area contributed by atoms with E-state index in [-0.39, 0.29) is 5.91 Å². The molecular weight excluding hydrogens is 264 g/mol. The second kappa shape index (κ2) is 5.58. The summed E-state index contributed by atoms with van der Waals surface area (Å²) >= 11 is 0. The first-order chi connectivity index (χ1) is 10.3. The highest BCUT2D eigenvalue weighted by Crippen LogP contribution is 2.19. The predicted molar refractivity (Wildman–Crippen MR) is 83.5 cm³/mol. The third-order valence-electron chi connectivity index (χ3n) is 3.15. The second-order valence-corrected chi connectivity index (χ2v) is 4.51. The van der Waals surface area contributed by atoms with Gasteiger partial charge in [-0.25, -0.2) is 4.98 Å². The van der Waals surface area contributed by atoms with Gasteiger partial charge in [-0.15, -0.1) is 0 Å². The maximum absolute atomic E-state index is 12.3. The van der Waals surface area contributed by atoms with E-state index in [9.17, 15) is 4.79 Å². The van der Waals surface area contributed by atoms with Gasteiger partial charge in [-0.3, -0.25) is 9.78 Å². The van der Waals surface area contributed by atoms with Gasteiger partial charge in [0.05, 0.1) is 11.1 Å². The van der Waals surface area contributed by atoms with Crippen LogP contribution >= 0.6 is 0 Å². The Morgan fingerprint density at radius 2 is 1.86 bits per heavy atom. The Hall–Kier alpha value is -2.95. The van der Waals surface area contributed by atoms with Gasteiger partial charge in [-0.1, -0.05) is 6.07 Å². The van der Waals surface area contributed by atoms with Crippen LogP contribution in [0.15, 0.2) is 54.9 Å². The highest BCUT2D eigenvalue weighted by Gasteiger charge is 2.11. The summed E-state index contributed by atoms with van der Waals surface area (Å²) in [7, 11) is 1.74. The van der Waals surface area contributed by atoms with Crippen LogP contribution < -0.4 is 10.6 Å². The molecule has 21 heavy (non-hydrogen) atoms. The summed E-state index contributed by atoms with van der Waals surface area (Å²) in [5.74, 6) is 0.355. The van der Waals surface area contributed by atoms with E-state index >= 15 is 0 Å². The van der Waals surface area contributed by atoms with E-state index in [1.807, 2.05) is 30.3 Å². The second-order valence-electron chi connectivity index (χ2n) is 4.51. The molecule has 2 aromatic heterocycles. The van der Waals surface area contributed by atoms with Crippen molar-refractivity contribution >= 4 is 28.3 Å². The zero-order chi connectivity index (χ0) is 14.7. The SMILES string of the molecule is CNc1ncccc1C(=O)Nc1ccc2ncccc2c1. The van der Waals surface area contributed by atoms with Crippen LogP contribution in [-0.4, -0.2) is 22.9 Å². The first-order valence-electron chi connectivity index (χ1n) is 6.57. The molecule has 0 aliphatic carbocycles. The molecule has 1 aromatic carbocycles. The van der Waals surface area contributed by atoms with Crippen LogP contribution in [-0.2, 0) is 0 Å². The lowest BCUT2D eigenvalue weighted by molar-refractivity contribution is 0.102. The van der Waals surface area contributed by atoms with Crippen molar-refractivity contribution in [2.24, 2.45) is 0 Å². The number of amides is 1. The van der Waals surface area contributed by atoms with E-state index in [4.69, 9.17) is 0 Å². The minimum absolute atomic E-state index is 0.198. The molecule has 3 aromatic rings. The molecule has 5 nitrogen and oxygen atoms in total. The third kappa shape index (κ3) is 2.67. The van der Waals surface area contributed by atoms with Gasteiger partial charge in [0.1, 0.15) is 5.82 Å². The number of nitrogens with zero attached hydrogens (tertiary/aromatic N) is 2. The van der Waals surface area contributed by atoms with Crippen LogP contribution in [0.4, 0.5) is 11.5 Å². The Kier molecular flexibility index (Phi) is 3.47. The summed E-state index contributed by atoms with van der Waals surface area (Å²) in [5.41, 5.74) is 2.13. The lowest BCUT2D eigenvalue weighted by Crippen LogP contribution is -2.14. The molecule has 0 atom stereocenters. The summed E-state index contributed by atoms with van der Waals surface area (Å²) in [5, 5.41) is 6.77. The molecule has 1 amide bonds. The molecule has 2 heterocycles. The quantitative estimate of drug-likeness (QED) is 0.773. The van der Waals surface area contributed by atoms with E-state index in [1.54, 1.807) is 31.6 Å². The number of rotatable bonds is 3. The van der Waals surface area contributed by atoms with E-state index in [0.29, 0.717) is 11.4 Å². The zero-order valence-corrected chi connectivity index (χ0v) is 11.5. The fourth-order valence-electron chi connectivity index (χ4n) is 2.14. The lowest BCUT2D eigenvalue weighted by atomic mass is 10.2. The van der Waals surface area contributed by atoms with Crippen molar-refractivity contribution in [1.29, 1.82) is 0 Å². The number of carbonyl (C=O) groups excluding carboxylic acids is 1. The van der Waals surface area contributed by atoms with Crippen LogP contribution in [0.5, 0.6) is 0 Å². The summed E-state index contributed by atoms with van der Waals surface area (Å²) in [6.45, 7) is 0. The zero-order valence-electron chi connectivity index (χ0n) is 11.5. The molecule has 3 rings (SSSR count). The van der Waals surface area contributed by atoms with Gasteiger partial charge >= 0.3 is 0 Å². The van der Waals surface area contributed by atoms with Crippen molar-refractivity contribution in [3.8, 4) is 0 Å². The molecule has 0 unspecified atom stereocenters. The molecule has 0 bridgehead atoms. The van der Waals surface area contributed by atoms with Crippen LogP contribution in [0.1, 0.15) is 10.4 Å². The molecule has 0 fully saturated rings. The van der Waals surface area contributed by atoms with Crippen LogP contribution in [0.25, 0.3) is 10.9 Å². The van der Waals surface area contributed by atoms with Gasteiger partial charge in [0.25, 0.3) is 5.91 Å². The van der Waals surface area contributed by atoms with Crippen LogP contribution in [0.2, 0.25) is 0 Å². The first kappa shape index (κ1) is 13.1. The maximum atomic E-state index is 12.3. The summed E-state index contributed by atoms with van der Waals surface area (Å²) in [6.07, 6.45) is 3.39. The van der Waals surface area contributed by atoms with Crippen molar-refractivity contribution in [3.05, 3.63) is 60.4 Å². The molecular formula is C16H14N4O. The number of hydrogen-bond donors (Lipinski definition) is 2. The van der Waals surface area contributed by atoms with E-state index in [1.165, 1.54) is 0 Å². The molecule has 0 radical (unpaired) electrons. The van der Waals surface area contributed by atoms with Crippen LogP contribution in [0.3, 0.4) is 0 Å². The van der Waals surface area contributed by atoms with Crippen molar-refractivity contribution in [1.82, 2.24) is 9.97 Å². The molecule has 5 heteroatoms. The van der Waals surface area contributed by atoms with Gasteiger partial charge in [-0.05, 0) is 36.4 Å². The fraction of sp³-hybridized carbons (Fsp3) is 0.0625. The number of anilines is 2. The largest absolute Gasteiger partial charge is 0.372 e. The maximum Gasteiger partial charge on any atom is 0.259 e. The average Bonchev–Trinajstić information content (AvgIpc) is 2.54. The summed E-state index contributed by atoms with van der Waals surface area (Å²) in [4.78, 5) is 20.7. The molecule has 0 aliphatic heterocycles. The molecule has 2 N–H and O–H groups in total. The summed E-state index contributed by atoms with van der Waals surface area (Å²) < 4.78 is 0. The third-order valence-corrected chi connectivity index (χ3v) is 3.15. The molecule has 0 saturated heterocycles. The number of carbonyl (C=O) groups is 1. The Balaban J connectivity index is 1.89. The average molecular weight is 278 g/mol. The van der Waals surface area contributed by atoms with Crippen molar-refractivity contribution in [2.45, 2.75) is 0 Å². The number of aromatic nitrogens is 2. The summed E-state index contributed by atoms with van der Waals surface area (Å²) in [6, 6.07) is 12.9. The number of fused-ring (bicyclic) bond motifs is 1. The number of benzene rings is 1. The number of hydrogen-bond acceptors (Lipinski definition) is 4. The van der Waals surface area contributed by atoms with Crippen molar-refractivity contribution in [2.75, 3.05) is 17.7 Å². The van der Waals surface area contributed by atoms with Gasteiger partial charge in [0.15, 0.2) is 0 Å². The van der Waals surface area contributed by atoms with Crippen molar-refractivity contribution in [3.63, 3.8) is 0 Å². The van der Waals surface area contributed by atoms with E-state index in [2.05, 4.69) is 20.6 Å². The monoisotopic (exact) mass is 278 g/mol. The Morgan fingerprint density at radius 3 is 2.71 bits per heavy atom. The Morgan fingerprint density at radius 1 is 1.05 bits per heavy atom. The highest BCUT2D eigenvalue weighted by molar-refractivity contribution is 6.08. The van der Waals surface area contributed by atoms with Gasteiger partial charge in [0, 0.05) is 30.5 Å². The number of nitrogens with one attached hydrogen (secondary N) is 2. The lowest BCUT2D eigenvalue weighted by Gasteiger charge is -2.09. The molecule has 0 spiro atoms. The minimum atomic E-state index is -0.198. The highest BCUT2D eigenvalue weighted by atomic mass is 16.1. The van der Waals surface area contributed by atoms with E-state index < -0.39 is 0 Å². The van der Waals surface area contributed by atoms with Gasteiger partial charge < -0.3 is 10.6 Å².